The third-order valence-electron chi connectivity index (χ3n) is 3.59. The maximum absolute atomic E-state index is 6.27. The first kappa shape index (κ1) is 15.4. The van der Waals surface area contributed by atoms with E-state index in [1.807, 2.05) is 48.5 Å². The Kier molecular flexibility index (Phi) is 5.23. The molecular formula is C18H23NO2. The van der Waals surface area contributed by atoms with Crippen molar-refractivity contribution in [1.82, 2.24) is 0 Å². The molecule has 0 saturated heterocycles. The Morgan fingerprint density at radius 1 is 1.05 bits per heavy atom. The van der Waals surface area contributed by atoms with Gasteiger partial charge in [0, 0.05) is 11.6 Å². The van der Waals surface area contributed by atoms with Gasteiger partial charge in [-0.2, -0.15) is 0 Å². The number of nitrogens with two attached hydrogens (primary N) is 1. The molecule has 0 aliphatic heterocycles. The van der Waals surface area contributed by atoms with Crippen molar-refractivity contribution in [2.75, 3.05) is 7.11 Å². The maximum atomic E-state index is 6.27. The van der Waals surface area contributed by atoms with Crippen LogP contribution in [-0.4, -0.2) is 13.2 Å². The van der Waals surface area contributed by atoms with Crippen LogP contribution in [0.15, 0.2) is 48.5 Å². The average molecular weight is 285 g/mol. The maximum Gasteiger partial charge on any atom is 0.142 e. The number of hydrogen-bond acceptors (Lipinski definition) is 3. The number of rotatable bonds is 6. The van der Waals surface area contributed by atoms with Gasteiger partial charge in [0.1, 0.15) is 17.6 Å². The van der Waals surface area contributed by atoms with Crippen molar-refractivity contribution in [3.8, 4) is 11.5 Å². The molecule has 2 unspecified atom stereocenters. The minimum atomic E-state index is -0.228. The van der Waals surface area contributed by atoms with Gasteiger partial charge in [-0.15, -0.1) is 0 Å². The first-order valence-corrected chi connectivity index (χ1v) is 7.27. The van der Waals surface area contributed by atoms with Crippen molar-refractivity contribution in [2.45, 2.75) is 32.4 Å². The van der Waals surface area contributed by atoms with Gasteiger partial charge < -0.3 is 15.2 Å². The molecule has 0 amide bonds. The zero-order valence-corrected chi connectivity index (χ0v) is 12.9. The van der Waals surface area contributed by atoms with E-state index in [9.17, 15) is 0 Å². The minimum absolute atomic E-state index is 0.0948. The van der Waals surface area contributed by atoms with Crippen LogP contribution in [-0.2, 0) is 0 Å². The Morgan fingerprint density at radius 3 is 2.33 bits per heavy atom. The van der Waals surface area contributed by atoms with Gasteiger partial charge in [0.25, 0.3) is 0 Å². The van der Waals surface area contributed by atoms with Crippen LogP contribution in [0.1, 0.15) is 30.6 Å². The Labute approximate surface area is 126 Å². The van der Waals surface area contributed by atoms with E-state index in [4.69, 9.17) is 15.2 Å². The lowest BCUT2D eigenvalue weighted by Crippen LogP contribution is -2.31. The predicted octanol–water partition coefficient (Wildman–Crippen LogP) is 3.86. The molecule has 3 nitrogen and oxygen atoms in total. The van der Waals surface area contributed by atoms with Gasteiger partial charge in [0.2, 0.25) is 0 Å². The lowest BCUT2D eigenvalue weighted by molar-refractivity contribution is 0.167. The van der Waals surface area contributed by atoms with E-state index in [1.165, 1.54) is 5.56 Å². The zero-order chi connectivity index (χ0) is 15.2. The van der Waals surface area contributed by atoms with E-state index in [2.05, 4.69) is 13.8 Å². The van der Waals surface area contributed by atoms with Crippen LogP contribution in [0.4, 0.5) is 0 Å². The van der Waals surface area contributed by atoms with Gasteiger partial charge in [0.05, 0.1) is 7.11 Å². The van der Waals surface area contributed by atoms with Gasteiger partial charge in [-0.25, -0.2) is 0 Å². The summed E-state index contributed by atoms with van der Waals surface area (Å²) in [4.78, 5) is 0. The molecule has 0 bridgehead atoms. The summed E-state index contributed by atoms with van der Waals surface area (Å²) in [5.41, 5.74) is 8.46. The quantitative estimate of drug-likeness (QED) is 0.876. The second kappa shape index (κ2) is 7.14. The monoisotopic (exact) mass is 285 g/mol. The normalized spacial score (nSPS) is 13.5. The van der Waals surface area contributed by atoms with Crippen LogP contribution in [0.2, 0.25) is 0 Å². The number of para-hydroxylation sites is 1. The largest absolute Gasteiger partial charge is 0.496 e. The third-order valence-corrected chi connectivity index (χ3v) is 3.59. The van der Waals surface area contributed by atoms with E-state index in [0.717, 1.165) is 23.5 Å². The summed E-state index contributed by atoms with van der Waals surface area (Å²) in [6.07, 6.45) is 0.600. The molecule has 3 heteroatoms. The number of hydrogen-bond donors (Lipinski definition) is 1. The van der Waals surface area contributed by atoms with Crippen molar-refractivity contribution in [3.05, 3.63) is 59.7 Å². The summed E-state index contributed by atoms with van der Waals surface area (Å²) < 4.78 is 11.6. The van der Waals surface area contributed by atoms with E-state index in [1.54, 1.807) is 7.11 Å². The molecule has 0 heterocycles. The van der Waals surface area contributed by atoms with E-state index in [-0.39, 0.29) is 12.1 Å². The zero-order valence-electron chi connectivity index (χ0n) is 12.9. The molecule has 0 aliphatic carbocycles. The van der Waals surface area contributed by atoms with Gasteiger partial charge >= 0.3 is 0 Å². The lowest BCUT2D eigenvalue weighted by atomic mass is 9.99. The Bertz CT molecular complexity index is 566. The van der Waals surface area contributed by atoms with Gasteiger partial charge in [0.15, 0.2) is 0 Å². The van der Waals surface area contributed by atoms with Crippen LogP contribution >= 0.6 is 0 Å². The van der Waals surface area contributed by atoms with Crippen LogP contribution < -0.4 is 15.2 Å². The smallest absolute Gasteiger partial charge is 0.142 e. The highest BCUT2D eigenvalue weighted by molar-refractivity contribution is 5.37. The first-order valence-electron chi connectivity index (χ1n) is 7.27. The number of ether oxygens (including phenoxy) is 2. The van der Waals surface area contributed by atoms with Crippen molar-refractivity contribution in [3.63, 3.8) is 0 Å². The number of methoxy groups -OCH3 is 1. The topological polar surface area (TPSA) is 44.5 Å². The lowest BCUT2D eigenvalue weighted by Gasteiger charge is -2.26. The van der Waals surface area contributed by atoms with Crippen LogP contribution in [0.3, 0.4) is 0 Å². The standard InChI is InChI=1S/C18H23NO2/c1-4-16(19)18(15-7-5-6-8-17(15)20-3)21-14-11-9-13(2)10-12-14/h5-12,16,18H,4,19H2,1-3H3. The summed E-state index contributed by atoms with van der Waals surface area (Å²) in [5, 5.41) is 0. The molecular weight excluding hydrogens is 262 g/mol. The SMILES string of the molecule is CCC(N)C(Oc1ccc(C)cc1)c1ccccc1OC. The van der Waals surface area contributed by atoms with E-state index in [0.29, 0.717) is 0 Å². The van der Waals surface area contributed by atoms with Crippen LogP contribution in [0.25, 0.3) is 0 Å². The Balaban J connectivity index is 2.32. The van der Waals surface area contributed by atoms with Gasteiger partial charge in [-0.05, 0) is 31.5 Å². The molecule has 0 fully saturated rings. The van der Waals surface area contributed by atoms with E-state index >= 15 is 0 Å². The fraction of sp³-hybridized carbons (Fsp3) is 0.333. The molecule has 2 N–H and O–H groups in total. The van der Waals surface area contributed by atoms with Gasteiger partial charge in [-0.3, -0.25) is 0 Å². The van der Waals surface area contributed by atoms with Crippen LogP contribution in [0.5, 0.6) is 11.5 Å². The molecule has 2 rings (SSSR count). The third kappa shape index (κ3) is 3.76. The van der Waals surface area contributed by atoms with Crippen molar-refractivity contribution >= 4 is 0 Å². The summed E-state index contributed by atoms with van der Waals surface area (Å²) in [7, 11) is 1.67. The highest BCUT2D eigenvalue weighted by atomic mass is 16.5. The van der Waals surface area contributed by atoms with Crippen molar-refractivity contribution in [2.24, 2.45) is 5.73 Å². The molecule has 2 atom stereocenters. The Hall–Kier alpha value is -2.00. The van der Waals surface area contributed by atoms with Crippen LogP contribution in [0, 0.1) is 6.92 Å². The molecule has 0 radical (unpaired) electrons. The molecule has 0 aliphatic rings. The van der Waals surface area contributed by atoms with Crippen molar-refractivity contribution < 1.29 is 9.47 Å². The second-order valence-corrected chi connectivity index (χ2v) is 5.17. The molecule has 0 aromatic heterocycles. The Morgan fingerprint density at radius 2 is 1.71 bits per heavy atom. The molecule has 0 saturated carbocycles. The van der Waals surface area contributed by atoms with Crippen molar-refractivity contribution in [1.29, 1.82) is 0 Å². The summed E-state index contributed by atoms with van der Waals surface area (Å²) in [6.45, 7) is 4.12. The number of aryl methyl sites for hydroxylation is 1. The highest BCUT2D eigenvalue weighted by Crippen LogP contribution is 2.31. The molecule has 0 spiro atoms. The second-order valence-electron chi connectivity index (χ2n) is 5.17. The molecule has 21 heavy (non-hydrogen) atoms. The van der Waals surface area contributed by atoms with E-state index < -0.39 is 0 Å². The molecule has 112 valence electrons. The summed E-state index contributed by atoms with van der Waals surface area (Å²) >= 11 is 0. The fourth-order valence-corrected chi connectivity index (χ4v) is 2.26. The molecule has 2 aromatic rings. The van der Waals surface area contributed by atoms with Gasteiger partial charge in [-0.1, -0.05) is 42.8 Å². The fourth-order valence-electron chi connectivity index (χ4n) is 2.26. The first-order chi connectivity index (χ1) is 10.2. The summed E-state index contributed by atoms with van der Waals surface area (Å²) in [5.74, 6) is 1.62. The summed E-state index contributed by atoms with van der Waals surface area (Å²) in [6, 6.07) is 15.8. The predicted molar refractivity (Wildman–Crippen MR) is 85.8 cm³/mol. The highest BCUT2D eigenvalue weighted by Gasteiger charge is 2.23. The molecule has 2 aromatic carbocycles. The number of benzene rings is 2. The minimum Gasteiger partial charge on any atom is -0.496 e. The average Bonchev–Trinajstić information content (AvgIpc) is 2.53.